The summed E-state index contributed by atoms with van der Waals surface area (Å²) in [7, 11) is 3.49. The number of benzene rings is 2. The normalized spacial score (nSPS) is 22.4. The number of likely N-dealkylation sites (N-methyl/N-ethyl adjacent to an activating group) is 1. The number of nitrogens with two attached hydrogens (primary N) is 1. The summed E-state index contributed by atoms with van der Waals surface area (Å²) in [6.07, 6.45) is 5.56. The Bertz CT molecular complexity index is 2250. The topological polar surface area (TPSA) is 183 Å². The van der Waals surface area contributed by atoms with Crippen molar-refractivity contribution in [3.05, 3.63) is 70.5 Å². The van der Waals surface area contributed by atoms with Crippen LogP contribution >= 0.6 is 0 Å². The summed E-state index contributed by atoms with van der Waals surface area (Å²) in [6.45, 7) is 2.61. The van der Waals surface area contributed by atoms with Crippen LogP contribution in [0.4, 0.5) is 5.69 Å². The van der Waals surface area contributed by atoms with Crippen molar-refractivity contribution in [2.75, 3.05) is 33.0 Å². The van der Waals surface area contributed by atoms with Gasteiger partial charge in [0.1, 0.15) is 22.5 Å². The molecule has 4 atom stereocenters. The van der Waals surface area contributed by atoms with Gasteiger partial charge in [0.2, 0.25) is 29.1 Å². The highest BCUT2D eigenvalue weighted by atomic mass is 16.5. The molecule has 3 aromatic heterocycles. The number of furan rings is 2. The van der Waals surface area contributed by atoms with Crippen molar-refractivity contribution in [1.29, 1.82) is 0 Å². The molecule has 52 heavy (non-hydrogen) atoms. The maximum absolute atomic E-state index is 13.2. The van der Waals surface area contributed by atoms with Gasteiger partial charge in [-0.1, -0.05) is 37.1 Å². The molecule has 14 heteroatoms. The predicted octanol–water partition coefficient (Wildman–Crippen LogP) is 4.39. The van der Waals surface area contributed by atoms with Gasteiger partial charge in [-0.3, -0.25) is 23.7 Å². The van der Waals surface area contributed by atoms with Crippen LogP contribution in [-0.2, 0) is 25.7 Å². The van der Waals surface area contributed by atoms with E-state index < -0.39 is 5.97 Å². The minimum atomic E-state index is -0.522. The lowest BCUT2D eigenvalue weighted by Gasteiger charge is -2.19. The van der Waals surface area contributed by atoms with Crippen molar-refractivity contribution in [3.8, 4) is 0 Å². The molecule has 3 N–H and O–H groups in total. The molecule has 4 aliphatic rings. The summed E-state index contributed by atoms with van der Waals surface area (Å²) >= 11 is 0. The molecule has 14 nitrogen and oxygen atoms in total. The van der Waals surface area contributed by atoms with E-state index in [1.54, 1.807) is 42.6 Å². The number of nitrogens with zero attached hydrogens (tertiary/aromatic N) is 4. The van der Waals surface area contributed by atoms with Crippen molar-refractivity contribution in [2.45, 2.75) is 64.1 Å². The molecule has 0 spiro atoms. The van der Waals surface area contributed by atoms with Crippen molar-refractivity contribution >= 4 is 62.4 Å². The monoisotopic (exact) mass is 710 g/mol. The van der Waals surface area contributed by atoms with E-state index >= 15 is 0 Å². The molecule has 5 aromatic rings. The zero-order valence-corrected chi connectivity index (χ0v) is 29.4. The van der Waals surface area contributed by atoms with Crippen molar-refractivity contribution in [1.82, 2.24) is 24.7 Å². The van der Waals surface area contributed by atoms with Crippen molar-refractivity contribution < 1.29 is 32.7 Å². The van der Waals surface area contributed by atoms with Crippen molar-refractivity contribution in [2.24, 2.45) is 11.8 Å². The van der Waals surface area contributed by atoms with E-state index in [2.05, 4.69) is 5.32 Å². The molecule has 2 aliphatic carbocycles. The second kappa shape index (κ2) is 14.2. The van der Waals surface area contributed by atoms with Crippen molar-refractivity contribution in [3.63, 3.8) is 0 Å². The Morgan fingerprint density at radius 3 is 2.23 bits per heavy atom. The molecule has 5 heterocycles. The number of carbonyl (C=O) groups is 4. The van der Waals surface area contributed by atoms with Gasteiger partial charge in [0.15, 0.2) is 0 Å². The number of para-hydroxylation sites is 2. The minimum Gasteiger partial charge on any atom is -0.460 e. The number of ether oxygens (including phenoxy) is 1. The SMILES string of the molecule is CCOC(=O)c1oc2ccccc2c1N.CN1CC(=O)N[C@@H]2CCC[C@@H]2C1=O.CN1Cc2nc3c(oc4ccccc43)c(=O)n2[C@@H]2CCC[C@@H]2C1=O. The first-order chi connectivity index (χ1) is 25.1. The predicted molar refractivity (Wildman–Crippen MR) is 192 cm³/mol. The van der Waals surface area contributed by atoms with E-state index in [9.17, 15) is 24.0 Å². The Kier molecular flexibility index (Phi) is 9.47. The lowest BCUT2D eigenvalue weighted by atomic mass is 10.0. The molecule has 0 radical (unpaired) electrons. The second-order valence-corrected chi connectivity index (χ2v) is 13.7. The zero-order valence-electron chi connectivity index (χ0n) is 29.4. The maximum Gasteiger partial charge on any atom is 0.376 e. The van der Waals surface area contributed by atoms with Gasteiger partial charge in [-0.15, -0.1) is 0 Å². The fourth-order valence-corrected chi connectivity index (χ4v) is 7.93. The standard InChI is InChI=1S/C18H17N3O3.C11H11NO3.C9H14N2O2/c1-20-9-14-19-15-11-5-2-3-8-13(11)24-16(15)18(23)21(14)12-7-4-6-10(12)17(20)22;1-2-14-11(13)10-9(12)7-5-3-4-6-8(7)15-10;1-11-5-8(12)10-7-4-2-3-6(7)9(11)13/h2-3,5,8,10,12H,4,6-7,9H2,1H3;3-6H,2,12H2,1H3;6-7H,2-5H2,1H3,(H,10,12)/t10-,12+;;6-,7+/m0.0/s1. The van der Waals surface area contributed by atoms with Crippen LogP contribution < -0.4 is 16.6 Å². The molecule has 1 saturated heterocycles. The van der Waals surface area contributed by atoms with Crippen LogP contribution in [0.3, 0.4) is 0 Å². The van der Waals surface area contributed by atoms with Gasteiger partial charge in [-0.2, -0.15) is 0 Å². The fraction of sp³-hybridized carbons (Fsp3) is 0.421. The molecule has 9 rings (SSSR count). The highest BCUT2D eigenvalue weighted by Gasteiger charge is 2.41. The molecule has 3 amide bonds. The third-order valence-electron chi connectivity index (χ3n) is 10.4. The van der Waals surface area contributed by atoms with Crippen LogP contribution in [0.1, 0.15) is 67.9 Å². The van der Waals surface area contributed by atoms with Gasteiger partial charge in [-0.05, 0) is 56.9 Å². The Morgan fingerprint density at radius 2 is 1.50 bits per heavy atom. The molecule has 2 aliphatic heterocycles. The number of esters is 1. The molecule has 0 unspecified atom stereocenters. The number of carbonyl (C=O) groups excluding carboxylic acids is 4. The van der Waals surface area contributed by atoms with E-state index in [1.165, 1.54) is 4.90 Å². The number of aromatic nitrogens is 2. The number of hydrogen-bond acceptors (Lipinski definition) is 10. The first kappa shape index (κ1) is 34.8. The zero-order chi connectivity index (χ0) is 36.7. The van der Waals surface area contributed by atoms with E-state index in [0.29, 0.717) is 46.9 Å². The largest absolute Gasteiger partial charge is 0.460 e. The lowest BCUT2D eigenvalue weighted by Crippen LogP contribution is -2.37. The third-order valence-corrected chi connectivity index (χ3v) is 10.4. The summed E-state index contributed by atoms with van der Waals surface area (Å²) in [4.78, 5) is 68.2. The van der Waals surface area contributed by atoms with Gasteiger partial charge in [-0.25, -0.2) is 9.78 Å². The van der Waals surface area contributed by atoms with E-state index in [1.807, 2.05) is 36.4 Å². The summed E-state index contributed by atoms with van der Waals surface area (Å²) < 4.78 is 17.7. The van der Waals surface area contributed by atoms with Crippen LogP contribution in [-0.4, -0.2) is 76.3 Å². The molecular formula is C38H42N6O8. The van der Waals surface area contributed by atoms with Gasteiger partial charge in [0, 0.05) is 30.9 Å². The smallest absolute Gasteiger partial charge is 0.376 e. The molecule has 0 bridgehead atoms. The van der Waals surface area contributed by atoms with Crippen LogP contribution in [0.5, 0.6) is 0 Å². The Labute approximate surface area is 298 Å². The van der Waals surface area contributed by atoms with E-state index in [-0.39, 0.29) is 59.5 Å². The Morgan fingerprint density at radius 1 is 0.865 bits per heavy atom. The number of nitrogen functional groups attached to an aromatic ring is 1. The molecule has 3 fully saturated rings. The molecule has 2 aromatic carbocycles. The molecule has 2 saturated carbocycles. The van der Waals surface area contributed by atoms with Gasteiger partial charge >= 0.3 is 5.97 Å². The van der Waals surface area contributed by atoms with Gasteiger partial charge in [0.25, 0.3) is 5.56 Å². The average Bonchev–Trinajstić information content (AvgIpc) is 3.92. The molecule has 272 valence electrons. The number of anilines is 1. The van der Waals surface area contributed by atoms with Gasteiger partial charge < -0.3 is 34.4 Å². The highest BCUT2D eigenvalue weighted by Crippen LogP contribution is 2.39. The Hall–Kier alpha value is -5.66. The number of amides is 3. The first-order valence-corrected chi connectivity index (χ1v) is 17.7. The summed E-state index contributed by atoms with van der Waals surface area (Å²) in [5.74, 6) is 0.345. The van der Waals surface area contributed by atoms with E-state index in [0.717, 1.165) is 49.3 Å². The van der Waals surface area contributed by atoms with E-state index in [4.69, 9.17) is 24.3 Å². The van der Waals surface area contributed by atoms with Gasteiger partial charge in [0.05, 0.1) is 43.3 Å². The first-order valence-electron chi connectivity index (χ1n) is 17.7. The van der Waals surface area contributed by atoms with Crippen LogP contribution in [0.2, 0.25) is 0 Å². The average molecular weight is 711 g/mol. The summed E-state index contributed by atoms with van der Waals surface area (Å²) in [6, 6.07) is 14.8. The minimum absolute atomic E-state index is 0.0229. The van der Waals surface area contributed by atoms with Crippen LogP contribution in [0.25, 0.3) is 33.0 Å². The maximum atomic E-state index is 13.2. The molecular weight excluding hydrogens is 668 g/mol. The fourth-order valence-electron chi connectivity index (χ4n) is 7.93. The third kappa shape index (κ3) is 6.26. The second-order valence-electron chi connectivity index (χ2n) is 13.7. The highest BCUT2D eigenvalue weighted by molar-refractivity contribution is 6.03. The Balaban J connectivity index is 0.000000130. The van der Waals surface area contributed by atoms with Crippen LogP contribution in [0.15, 0.2) is 62.2 Å². The lowest BCUT2D eigenvalue weighted by molar-refractivity contribution is -0.135. The summed E-state index contributed by atoms with van der Waals surface area (Å²) in [5.41, 5.74) is 8.11. The number of nitrogens with one attached hydrogen (secondary N) is 1. The number of hydrogen-bond donors (Lipinski definition) is 2. The summed E-state index contributed by atoms with van der Waals surface area (Å²) in [5, 5.41) is 4.48. The number of rotatable bonds is 2. The van der Waals surface area contributed by atoms with Crippen LogP contribution in [0, 0.1) is 11.8 Å². The quantitative estimate of drug-likeness (QED) is 0.249. The number of fused-ring (bicyclic) bond motifs is 8.